The standard InChI is InChI=1S/C24H27NO5/c1-5-20(30-19-11-10-17-8-6-7-9-18(17)14-19)24(26)25-15-16-12-21(27-2)23(29-4)22(13-16)28-3/h6-14,20H,5,15H2,1-4H3,(H,25,26). The number of carbonyl (C=O) groups excluding carboxylic acids is 1. The van der Waals surface area contributed by atoms with Gasteiger partial charge in [-0.25, -0.2) is 0 Å². The van der Waals surface area contributed by atoms with Crippen LogP contribution >= 0.6 is 0 Å². The highest BCUT2D eigenvalue weighted by Gasteiger charge is 2.19. The lowest BCUT2D eigenvalue weighted by molar-refractivity contribution is -0.128. The number of ether oxygens (including phenoxy) is 4. The Kier molecular flexibility index (Phi) is 7.01. The Hall–Kier alpha value is -3.41. The first-order chi connectivity index (χ1) is 14.6. The number of nitrogens with one attached hydrogen (secondary N) is 1. The highest BCUT2D eigenvalue weighted by Crippen LogP contribution is 2.38. The number of hydrogen-bond donors (Lipinski definition) is 1. The summed E-state index contributed by atoms with van der Waals surface area (Å²) >= 11 is 0. The molecule has 3 rings (SSSR count). The van der Waals surface area contributed by atoms with E-state index in [2.05, 4.69) is 5.32 Å². The lowest BCUT2D eigenvalue weighted by Gasteiger charge is -2.18. The zero-order chi connectivity index (χ0) is 21.5. The third-order valence-electron chi connectivity index (χ3n) is 4.85. The van der Waals surface area contributed by atoms with Crippen molar-refractivity contribution in [1.82, 2.24) is 5.32 Å². The molecule has 0 fully saturated rings. The second-order valence-corrected chi connectivity index (χ2v) is 6.78. The van der Waals surface area contributed by atoms with E-state index in [1.54, 1.807) is 21.3 Å². The van der Waals surface area contributed by atoms with Crippen LogP contribution in [0.25, 0.3) is 10.8 Å². The summed E-state index contributed by atoms with van der Waals surface area (Å²) in [5.41, 5.74) is 0.832. The van der Waals surface area contributed by atoms with Crippen LogP contribution < -0.4 is 24.3 Å². The SMILES string of the molecule is CCC(Oc1ccc2ccccc2c1)C(=O)NCc1cc(OC)c(OC)c(OC)c1. The van der Waals surface area contributed by atoms with Crippen LogP contribution in [0.2, 0.25) is 0 Å². The fourth-order valence-electron chi connectivity index (χ4n) is 3.27. The molecule has 30 heavy (non-hydrogen) atoms. The first kappa shape index (κ1) is 21.3. The van der Waals surface area contributed by atoms with Gasteiger partial charge in [0.25, 0.3) is 5.91 Å². The largest absolute Gasteiger partial charge is 0.493 e. The van der Waals surface area contributed by atoms with Gasteiger partial charge in [-0.3, -0.25) is 4.79 Å². The first-order valence-corrected chi connectivity index (χ1v) is 9.81. The molecule has 0 aromatic heterocycles. The average molecular weight is 409 g/mol. The minimum Gasteiger partial charge on any atom is -0.493 e. The summed E-state index contributed by atoms with van der Waals surface area (Å²) in [6.45, 7) is 2.23. The molecule has 0 radical (unpaired) electrons. The van der Waals surface area contributed by atoms with Crippen LogP contribution in [0.5, 0.6) is 23.0 Å². The van der Waals surface area contributed by atoms with Crippen molar-refractivity contribution in [3.05, 3.63) is 60.2 Å². The molecule has 3 aromatic rings. The van der Waals surface area contributed by atoms with Crippen LogP contribution in [0.1, 0.15) is 18.9 Å². The van der Waals surface area contributed by atoms with E-state index in [0.717, 1.165) is 16.3 Å². The van der Waals surface area contributed by atoms with Gasteiger partial charge < -0.3 is 24.3 Å². The average Bonchev–Trinajstić information content (AvgIpc) is 2.79. The molecule has 6 heteroatoms. The van der Waals surface area contributed by atoms with E-state index in [1.165, 1.54) is 0 Å². The minimum absolute atomic E-state index is 0.181. The maximum Gasteiger partial charge on any atom is 0.261 e. The topological polar surface area (TPSA) is 66.0 Å². The maximum absolute atomic E-state index is 12.7. The summed E-state index contributed by atoms with van der Waals surface area (Å²) in [4.78, 5) is 12.7. The van der Waals surface area contributed by atoms with E-state index < -0.39 is 6.10 Å². The second-order valence-electron chi connectivity index (χ2n) is 6.78. The molecular formula is C24H27NO5. The van der Waals surface area contributed by atoms with Gasteiger partial charge in [0, 0.05) is 6.54 Å². The fraction of sp³-hybridized carbons (Fsp3) is 0.292. The van der Waals surface area contributed by atoms with Crippen LogP contribution in [0, 0.1) is 0 Å². The molecule has 0 spiro atoms. The molecule has 0 saturated heterocycles. The molecule has 1 atom stereocenters. The predicted molar refractivity (Wildman–Crippen MR) is 117 cm³/mol. The van der Waals surface area contributed by atoms with Gasteiger partial charge in [-0.05, 0) is 47.0 Å². The van der Waals surface area contributed by atoms with Crippen molar-refractivity contribution < 1.29 is 23.7 Å². The Morgan fingerprint density at radius 3 is 2.17 bits per heavy atom. The summed E-state index contributed by atoms with van der Waals surface area (Å²) in [5.74, 6) is 2.09. The van der Waals surface area contributed by atoms with E-state index in [9.17, 15) is 4.79 Å². The molecule has 6 nitrogen and oxygen atoms in total. The Morgan fingerprint density at radius 1 is 0.900 bits per heavy atom. The van der Waals surface area contributed by atoms with E-state index in [-0.39, 0.29) is 5.91 Å². The Labute approximate surface area is 176 Å². The lowest BCUT2D eigenvalue weighted by Crippen LogP contribution is -2.37. The Bertz CT molecular complexity index is 992. The van der Waals surface area contributed by atoms with Gasteiger partial charge in [0.05, 0.1) is 21.3 Å². The molecule has 0 saturated carbocycles. The van der Waals surface area contributed by atoms with E-state index >= 15 is 0 Å². The second kappa shape index (κ2) is 9.87. The van der Waals surface area contributed by atoms with Crippen LogP contribution in [-0.4, -0.2) is 33.3 Å². The third kappa shape index (κ3) is 4.76. The molecule has 1 amide bonds. The quantitative estimate of drug-likeness (QED) is 0.570. The zero-order valence-electron chi connectivity index (χ0n) is 17.7. The van der Waals surface area contributed by atoms with E-state index in [4.69, 9.17) is 18.9 Å². The minimum atomic E-state index is -0.590. The van der Waals surface area contributed by atoms with Gasteiger partial charge in [0.2, 0.25) is 5.75 Å². The van der Waals surface area contributed by atoms with Crippen LogP contribution in [-0.2, 0) is 11.3 Å². The fourth-order valence-corrected chi connectivity index (χ4v) is 3.27. The molecule has 1 N–H and O–H groups in total. The smallest absolute Gasteiger partial charge is 0.261 e. The van der Waals surface area contributed by atoms with E-state index in [0.29, 0.717) is 36.0 Å². The molecule has 0 bridgehead atoms. The Balaban J connectivity index is 1.69. The van der Waals surface area contributed by atoms with Crippen molar-refractivity contribution in [2.24, 2.45) is 0 Å². The van der Waals surface area contributed by atoms with E-state index in [1.807, 2.05) is 61.5 Å². The monoisotopic (exact) mass is 409 g/mol. The maximum atomic E-state index is 12.7. The van der Waals surface area contributed by atoms with Crippen molar-refractivity contribution in [3.63, 3.8) is 0 Å². The third-order valence-corrected chi connectivity index (χ3v) is 4.85. The van der Waals surface area contributed by atoms with Crippen LogP contribution in [0.4, 0.5) is 0 Å². The summed E-state index contributed by atoms with van der Waals surface area (Å²) in [7, 11) is 4.67. The summed E-state index contributed by atoms with van der Waals surface area (Å²) in [5, 5.41) is 5.13. The van der Waals surface area contributed by atoms with Gasteiger partial charge in [0.15, 0.2) is 17.6 Å². The molecule has 0 heterocycles. The predicted octanol–water partition coefficient (Wildman–Crippen LogP) is 4.34. The number of benzene rings is 3. The molecule has 0 aliphatic carbocycles. The number of rotatable bonds is 9. The number of carbonyl (C=O) groups is 1. The number of methoxy groups -OCH3 is 3. The summed E-state index contributed by atoms with van der Waals surface area (Å²) in [6, 6.07) is 17.5. The summed E-state index contributed by atoms with van der Waals surface area (Å²) in [6.07, 6.45) is -0.0401. The number of fused-ring (bicyclic) bond motifs is 1. The van der Waals surface area contributed by atoms with Crippen molar-refractivity contribution in [3.8, 4) is 23.0 Å². The molecule has 0 aliphatic heterocycles. The van der Waals surface area contributed by atoms with Gasteiger partial charge in [-0.15, -0.1) is 0 Å². The van der Waals surface area contributed by atoms with Gasteiger partial charge >= 0.3 is 0 Å². The number of amides is 1. The lowest BCUT2D eigenvalue weighted by atomic mass is 10.1. The first-order valence-electron chi connectivity index (χ1n) is 9.81. The van der Waals surface area contributed by atoms with Gasteiger partial charge in [-0.1, -0.05) is 37.3 Å². The highest BCUT2D eigenvalue weighted by atomic mass is 16.5. The van der Waals surface area contributed by atoms with Gasteiger partial charge in [0.1, 0.15) is 5.75 Å². The molecular weight excluding hydrogens is 382 g/mol. The molecule has 158 valence electrons. The van der Waals surface area contributed by atoms with Crippen molar-refractivity contribution in [2.75, 3.05) is 21.3 Å². The van der Waals surface area contributed by atoms with Crippen LogP contribution in [0.3, 0.4) is 0 Å². The van der Waals surface area contributed by atoms with Crippen LogP contribution in [0.15, 0.2) is 54.6 Å². The van der Waals surface area contributed by atoms with Crippen molar-refractivity contribution in [1.29, 1.82) is 0 Å². The molecule has 0 aliphatic rings. The normalized spacial score (nSPS) is 11.6. The van der Waals surface area contributed by atoms with Crippen molar-refractivity contribution in [2.45, 2.75) is 26.0 Å². The highest BCUT2D eigenvalue weighted by molar-refractivity contribution is 5.84. The van der Waals surface area contributed by atoms with Crippen molar-refractivity contribution >= 4 is 16.7 Å². The Morgan fingerprint density at radius 2 is 1.57 bits per heavy atom. The zero-order valence-corrected chi connectivity index (χ0v) is 17.7. The molecule has 3 aromatic carbocycles. The summed E-state index contributed by atoms with van der Waals surface area (Å²) < 4.78 is 22.0. The number of hydrogen-bond acceptors (Lipinski definition) is 5. The molecule has 1 unspecified atom stereocenters. The van der Waals surface area contributed by atoms with Gasteiger partial charge in [-0.2, -0.15) is 0 Å².